The summed E-state index contributed by atoms with van der Waals surface area (Å²) in [5.41, 5.74) is 2.18. The van der Waals surface area contributed by atoms with E-state index in [0.717, 1.165) is 36.1 Å². The molecule has 1 N–H and O–H groups in total. The Morgan fingerprint density at radius 3 is 2.96 bits per heavy atom. The van der Waals surface area contributed by atoms with Crippen molar-refractivity contribution in [3.8, 4) is 0 Å². The number of nitrogens with one attached hydrogen (secondary N) is 1. The first-order chi connectivity index (χ1) is 12.6. The van der Waals surface area contributed by atoms with Crippen LogP contribution in [0.3, 0.4) is 0 Å². The van der Waals surface area contributed by atoms with E-state index >= 15 is 0 Å². The Hall–Kier alpha value is -2.96. The summed E-state index contributed by atoms with van der Waals surface area (Å²) < 4.78 is 20.0. The van der Waals surface area contributed by atoms with Crippen molar-refractivity contribution in [1.82, 2.24) is 14.9 Å². The van der Waals surface area contributed by atoms with Gasteiger partial charge in [-0.1, -0.05) is 24.2 Å². The Kier molecular flexibility index (Phi) is 4.28. The Balaban J connectivity index is 1.45. The van der Waals surface area contributed by atoms with Crippen LogP contribution in [0, 0.1) is 11.7 Å². The third-order valence-corrected chi connectivity index (χ3v) is 4.64. The summed E-state index contributed by atoms with van der Waals surface area (Å²) in [4.78, 5) is 12.5. The van der Waals surface area contributed by atoms with Crippen molar-refractivity contribution in [2.75, 3.05) is 5.32 Å². The first kappa shape index (κ1) is 16.5. The Labute approximate surface area is 150 Å². The number of hydrogen-bond acceptors (Lipinski definition) is 4. The van der Waals surface area contributed by atoms with Gasteiger partial charge >= 0.3 is 0 Å². The average Bonchev–Trinajstić information content (AvgIpc) is 3.23. The molecule has 1 aliphatic carbocycles. The van der Waals surface area contributed by atoms with E-state index in [1.807, 2.05) is 0 Å². The molecule has 0 bridgehead atoms. The van der Waals surface area contributed by atoms with Crippen LogP contribution in [0.2, 0.25) is 0 Å². The minimum Gasteiger partial charge on any atom is -0.360 e. The van der Waals surface area contributed by atoms with Crippen LogP contribution in [0.15, 0.2) is 41.1 Å². The highest BCUT2D eigenvalue weighted by Gasteiger charge is 2.27. The molecule has 26 heavy (non-hydrogen) atoms. The van der Waals surface area contributed by atoms with Crippen LogP contribution >= 0.6 is 0 Å². The smallest absolute Gasteiger partial charge is 0.279 e. The first-order valence-electron chi connectivity index (χ1n) is 8.65. The van der Waals surface area contributed by atoms with Crippen molar-refractivity contribution in [3.63, 3.8) is 0 Å². The Morgan fingerprint density at radius 2 is 2.15 bits per heavy atom. The fraction of sp³-hybridized carbons (Fsp3) is 0.316. The third-order valence-electron chi connectivity index (χ3n) is 4.64. The van der Waals surface area contributed by atoms with Gasteiger partial charge in [-0.3, -0.25) is 9.48 Å². The molecule has 0 spiro atoms. The van der Waals surface area contributed by atoms with Gasteiger partial charge in [0.15, 0.2) is 11.5 Å². The van der Waals surface area contributed by atoms with Crippen molar-refractivity contribution in [2.24, 2.45) is 5.92 Å². The Bertz CT molecular complexity index is 929. The fourth-order valence-corrected chi connectivity index (χ4v) is 3.23. The normalized spacial score (nSPS) is 16.3. The lowest BCUT2D eigenvalue weighted by atomic mass is 9.88. The van der Waals surface area contributed by atoms with Crippen molar-refractivity contribution >= 4 is 11.7 Å². The molecule has 3 aromatic rings. The van der Waals surface area contributed by atoms with E-state index in [1.165, 1.54) is 12.1 Å². The predicted molar refractivity (Wildman–Crippen MR) is 93.4 cm³/mol. The minimum absolute atomic E-state index is 0.271. The van der Waals surface area contributed by atoms with Crippen LogP contribution in [0.5, 0.6) is 0 Å². The molecular formula is C19H19FN4O2. The van der Waals surface area contributed by atoms with Gasteiger partial charge in [-0.15, -0.1) is 0 Å². The van der Waals surface area contributed by atoms with E-state index in [-0.39, 0.29) is 11.7 Å². The third kappa shape index (κ3) is 3.37. The largest absolute Gasteiger partial charge is 0.360 e. The molecule has 0 saturated carbocycles. The van der Waals surface area contributed by atoms with E-state index in [2.05, 4.69) is 22.5 Å². The number of nitrogens with zero attached hydrogens (tertiary/aromatic N) is 3. The second-order valence-electron chi connectivity index (χ2n) is 6.76. The molecular weight excluding hydrogens is 335 g/mol. The monoisotopic (exact) mass is 354 g/mol. The van der Waals surface area contributed by atoms with Crippen LogP contribution < -0.4 is 5.32 Å². The molecule has 134 valence electrons. The van der Waals surface area contributed by atoms with E-state index in [1.54, 1.807) is 29.1 Å². The average molecular weight is 354 g/mol. The number of amides is 1. The molecule has 0 radical (unpaired) electrons. The molecule has 4 rings (SSSR count). The lowest BCUT2D eigenvalue weighted by molar-refractivity contribution is 0.101. The molecule has 1 aliphatic rings. The second kappa shape index (κ2) is 6.74. The van der Waals surface area contributed by atoms with Gasteiger partial charge in [-0.25, -0.2) is 4.39 Å². The maximum Gasteiger partial charge on any atom is 0.279 e. The van der Waals surface area contributed by atoms with Crippen LogP contribution in [0.25, 0.3) is 0 Å². The number of carbonyl (C=O) groups is 1. The molecule has 0 aliphatic heterocycles. The second-order valence-corrected chi connectivity index (χ2v) is 6.76. The lowest BCUT2D eigenvalue weighted by Gasteiger charge is -2.16. The van der Waals surface area contributed by atoms with Gasteiger partial charge in [0.2, 0.25) is 0 Å². The number of carbonyl (C=O) groups excluding carboxylic acids is 1. The van der Waals surface area contributed by atoms with Gasteiger partial charge in [-0.2, -0.15) is 5.10 Å². The highest BCUT2D eigenvalue weighted by atomic mass is 19.1. The first-order valence-corrected chi connectivity index (χ1v) is 8.65. The summed E-state index contributed by atoms with van der Waals surface area (Å²) in [7, 11) is 0. The zero-order valence-corrected chi connectivity index (χ0v) is 14.4. The quantitative estimate of drug-likeness (QED) is 0.779. The summed E-state index contributed by atoms with van der Waals surface area (Å²) in [6.45, 7) is 2.65. The van der Waals surface area contributed by atoms with Crippen LogP contribution in [0.4, 0.5) is 10.2 Å². The van der Waals surface area contributed by atoms with E-state index in [0.29, 0.717) is 24.0 Å². The van der Waals surface area contributed by atoms with E-state index in [9.17, 15) is 9.18 Å². The van der Waals surface area contributed by atoms with Crippen molar-refractivity contribution in [3.05, 3.63) is 64.9 Å². The molecule has 1 aromatic carbocycles. The minimum atomic E-state index is -0.309. The van der Waals surface area contributed by atoms with Crippen molar-refractivity contribution in [1.29, 1.82) is 0 Å². The maximum absolute atomic E-state index is 13.0. The predicted octanol–water partition coefficient (Wildman–Crippen LogP) is 3.44. The number of anilines is 1. The molecule has 1 unspecified atom stereocenters. The zero-order chi connectivity index (χ0) is 18.1. The fourth-order valence-electron chi connectivity index (χ4n) is 3.23. The van der Waals surface area contributed by atoms with Gasteiger partial charge in [0.1, 0.15) is 11.6 Å². The number of aryl methyl sites for hydroxylation is 1. The SMILES string of the molecule is CC1CCc2onc(C(=O)Nc3ccn(Cc4ccc(F)cc4)n3)c2C1. The molecule has 1 amide bonds. The highest BCUT2D eigenvalue weighted by molar-refractivity contribution is 6.03. The van der Waals surface area contributed by atoms with E-state index in [4.69, 9.17) is 4.52 Å². The number of hydrogen-bond donors (Lipinski definition) is 1. The molecule has 0 fully saturated rings. The van der Waals surface area contributed by atoms with Crippen LogP contribution in [-0.4, -0.2) is 20.8 Å². The zero-order valence-electron chi connectivity index (χ0n) is 14.4. The number of aromatic nitrogens is 3. The van der Waals surface area contributed by atoms with Gasteiger partial charge < -0.3 is 9.84 Å². The number of rotatable bonds is 4. The number of halogens is 1. The summed E-state index contributed by atoms with van der Waals surface area (Å²) in [5.74, 6) is 1.19. The molecule has 0 saturated heterocycles. The molecule has 6 nitrogen and oxygen atoms in total. The summed E-state index contributed by atoms with van der Waals surface area (Å²) in [5, 5.41) is 11.1. The summed E-state index contributed by atoms with van der Waals surface area (Å²) in [6.07, 6.45) is 4.44. The molecule has 1 atom stereocenters. The molecule has 2 heterocycles. The lowest BCUT2D eigenvalue weighted by Crippen LogP contribution is -2.18. The maximum atomic E-state index is 13.0. The Morgan fingerprint density at radius 1 is 1.35 bits per heavy atom. The molecule has 7 heteroatoms. The van der Waals surface area contributed by atoms with Crippen molar-refractivity contribution in [2.45, 2.75) is 32.7 Å². The van der Waals surface area contributed by atoms with Gasteiger partial charge in [0.05, 0.1) is 6.54 Å². The van der Waals surface area contributed by atoms with Gasteiger partial charge in [0, 0.05) is 24.2 Å². The molecule has 2 aromatic heterocycles. The highest BCUT2D eigenvalue weighted by Crippen LogP contribution is 2.28. The van der Waals surface area contributed by atoms with Crippen molar-refractivity contribution < 1.29 is 13.7 Å². The van der Waals surface area contributed by atoms with Gasteiger partial charge in [-0.05, 0) is 36.5 Å². The van der Waals surface area contributed by atoms with E-state index < -0.39 is 0 Å². The van der Waals surface area contributed by atoms with Gasteiger partial charge in [0.25, 0.3) is 5.91 Å². The topological polar surface area (TPSA) is 73.0 Å². The van der Waals surface area contributed by atoms with Crippen LogP contribution in [-0.2, 0) is 19.4 Å². The number of fused-ring (bicyclic) bond motifs is 1. The van der Waals surface area contributed by atoms with Crippen LogP contribution in [0.1, 0.15) is 40.7 Å². The standard InChI is InChI=1S/C19H19FN4O2/c1-12-2-7-16-15(10-12)18(23-26-16)19(25)21-17-8-9-24(22-17)11-13-3-5-14(20)6-4-13/h3-6,8-9,12H,2,7,10-11H2,1H3,(H,21,22,25). The number of benzene rings is 1. The summed E-state index contributed by atoms with van der Waals surface area (Å²) in [6, 6.07) is 7.96. The summed E-state index contributed by atoms with van der Waals surface area (Å²) >= 11 is 0.